The van der Waals surface area contributed by atoms with Crippen molar-refractivity contribution in [1.29, 1.82) is 0 Å². The van der Waals surface area contributed by atoms with Crippen molar-refractivity contribution in [1.82, 2.24) is 19.8 Å². The van der Waals surface area contributed by atoms with Crippen LogP contribution >= 0.6 is 0 Å². The first-order chi connectivity index (χ1) is 11.6. The van der Waals surface area contributed by atoms with Crippen molar-refractivity contribution in [2.75, 3.05) is 39.3 Å². The zero-order valence-corrected chi connectivity index (χ0v) is 13.3. The fourth-order valence-corrected chi connectivity index (χ4v) is 2.72. The molecule has 1 aliphatic rings. The van der Waals surface area contributed by atoms with Gasteiger partial charge in [0.05, 0.1) is 6.61 Å². The van der Waals surface area contributed by atoms with E-state index in [1.165, 1.54) is 11.0 Å². The summed E-state index contributed by atoms with van der Waals surface area (Å²) in [5, 5.41) is 9.77. The predicted octanol–water partition coefficient (Wildman–Crippen LogP) is 0.988. The summed E-state index contributed by atoms with van der Waals surface area (Å²) < 4.78 is 5.64. The summed E-state index contributed by atoms with van der Waals surface area (Å²) in [4.78, 5) is 32.8. The molecule has 0 radical (unpaired) electrons. The number of hydrogen-bond acceptors (Lipinski definition) is 5. The molecule has 3 rings (SSSR count). The summed E-state index contributed by atoms with van der Waals surface area (Å²) in [6.07, 6.45) is -0.0173. The van der Waals surface area contributed by atoms with Gasteiger partial charge in [0.15, 0.2) is 0 Å². The number of carboxylic acid groups (broad SMARTS) is 1. The molecule has 1 aliphatic heterocycles. The Balaban J connectivity index is 1.44. The number of carbonyl (C=O) groups is 1. The van der Waals surface area contributed by atoms with Crippen LogP contribution in [0.1, 0.15) is 6.42 Å². The topological polar surface area (TPSA) is 98.8 Å². The molecule has 1 amide bonds. The Morgan fingerprint density at radius 2 is 1.96 bits per heavy atom. The van der Waals surface area contributed by atoms with Crippen LogP contribution in [0, 0.1) is 0 Å². The van der Waals surface area contributed by atoms with Crippen molar-refractivity contribution in [3.63, 3.8) is 0 Å². The van der Waals surface area contributed by atoms with E-state index in [0.717, 1.165) is 31.4 Å². The molecule has 0 spiro atoms. The van der Waals surface area contributed by atoms with E-state index < -0.39 is 6.09 Å². The van der Waals surface area contributed by atoms with E-state index in [9.17, 15) is 9.59 Å². The van der Waals surface area contributed by atoms with E-state index in [2.05, 4.69) is 14.9 Å². The summed E-state index contributed by atoms with van der Waals surface area (Å²) in [5.74, 6) is 0.486. The number of hydrogen-bond donors (Lipinski definition) is 2. The highest BCUT2D eigenvalue weighted by Crippen LogP contribution is 2.13. The first-order valence-corrected chi connectivity index (χ1v) is 7.95. The number of nitrogens with one attached hydrogen (secondary N) is 1. The van der Waals surface area contributed by atoms with Crippen molar-refractivity contribution >= 4 is 17.1 Å². The number of nitrogens with zero attached hydrogens (tertiary/aromatic N) is 3. The van der Waals surface area contributed by atoms with Gasteiger partial charge in [0, 0.05) is 50.2 Å². The largest absolute Gasteiger partial charge is 0.478 e. The van der Waals surface area contributed by atoms with Gasteiger partial charge in [-0.05, 0) is 18.6 Å². The summed E-state index contributed by atoms with van der Waals surface area (Å²) in [6.45, 7) is 3.99. The van der Waals surface area contributed by atoms with E-state index in [1.807, 2.05) is 6.07 Å². The predicted molar refractivity (Wildman–Crippen MR) is 88.5 cm³/mol. The van der Waals surface area contributed by atoms with Crippen LogP contribution in [0.4, 0.5) is 4.79 Å². The summed E-state index contributed by atoms with van der Waals surface area (Å²) in [7, 11) is 0. The minimum Gasteiger partial charge on any atom is -0.478 e. The maximum absolute atomic E-state index is 11.3. The van der Waals surface area contributed by atoms with Gasteiger partial charge in [-0.15, -0.1) is 0 Å². The van der Waals surface area contributed by atoms with E-state index in [0.29, 0.717) is 31.2 Å². The fraction of sp³-hybridized carbons (Fsp3) is 0.438. The third-order valence-electron chi connectivity index (χ3n) is 4.07. The fourth-order valence-electron chi connectivity index (χ4n) is 2.72. The Hall–Kier alpha value is -2.61. The standard InChI is InChI=1S/C16H20N4O4/c21-13-4-2-12-3-5-14(18-15(12)17-13)24-11-1-6-19-7-9-20(10-8-19)16(22)23/h2-5H,1,6-11H2,(H,22,23)(H,17,18,21). The normalized spacial score (nSPS) is 15.6. The Morgan fingerprint density at radius 1 is 1.21 bits per heavy atom. The van der Waals surface area contributed by atoms with E-state index in [-0.39, 0.29) is 5.56 Å². The van der Waals surface area contributed by atoms with Gasteiger partial charge in [-0.2, -0.15) is 4.98 Å². The average molecular weight is 332 g/mol. The van der Waals surface area contributed by atoms with Gasteiger partial charge in [0.2, 0.25) is 11.4 Å². The average Bonchev–Trinajstić information content (AvgIpc) is 2.58. The molecule has 8 heteroatoms. The monoisotopic (exact) mass is 332 g/mol. The molecule has 2 N–H and O–H groups in total. The lowest BCUT2D eigenvalue weighted by Gasteiger charge is -2.32. The molecule has 2 aromatic rings. The summed E-state index contributed by atoms with van der Waals surface area (Å²) in [5.41, 5.74) is 0.331. The van der Waals surface area contributed by atoms with E-state index in [1.54, 1.807) is 12.1 Å². The van der Waals surface area contributed by atoms with Crippen LogP contribution in [0.5, 0.6) is 5.88 Å². The van der Waals surface area contributed by atoms with Crippen LogP contribution < -0.4 is 10.3 Å². The van der Waals surface area contributed by atoms with Crippen LogP contribution in [0.3, 0.4) is 0 Å². The number of rotatable bonds is 5. The lowest BCUT2D eigenvalue weighted by Crippen LogP contribution is -2.48. The number of amides is 1. The highest BCUT2D eigenvalue weighted by molar-refractivity contribution is 5.74. The minimum atomic E-state index is -0.849. The highest BCUT2D eigenvalue weighted by Gasteiger charge is 2.19. The molecule has 0 aromatic carbocycles. The van der Waals surface area contributed by atoms with E-state index >= 15 is 0 Å². The van der Waals surface area contributed by atoms with Crippen molar-refractivity contribution in [2.24, 2.45) is 0 Å². The Kier molecular flexibility index (Phi) is 4.95. The molecule has 1 saturated heterocycles. The highest BCUT2D eigenvalue weighted by atomic mass is 16.5. The number of fused-ring (bicyclic) bond motifs is 1. The maximum Gasteiger partial charge on any atom is 0.407 e. The van der Waals surface area contributed by atoms with Gasteiger partial charge in [0.25, 0.3) is 0 Å². The minimum absolute atomic E-state index is 0.187. The van der Waals surface area contributed by atoms with Gasteiger partial charge < -0.3 is 19.7 Å². The molecule has 3 heterocycles. The lowest BCUT2D eigenvalue weighted by molar-refractivity contribution is 0.103. The Labute approximate surface area is 138 Å². The third kappa shape index (κ3) is 4.02. The zero-order valence-electron chi connectivity index (χ0n) is 13.3. The van der Waals surface area contributed by atoms with Crippen LogP contribution in [0.25, 0.3) is 11.0 Å². The van der Waals surface area contributed by atoms with Crippen molar-refractivity contribution in [3.8, 4) is 5.88 Å². The first-order valence-electron chi connectivity index (χ1n) is 7.95. The molecule has 0 aliphatic carbocycles. The Morgan fingerprint density at radius 3 is 2.71 bits per heavy atom. The van der Waals surface area contributed by atoms with Gasteiger partial charge in [-0.3, -0.25) is 9.69 Å². The lowest BCUT2D eigenvalue weighted by atomic mass is 10.3. The number of ether oxygens (including phenoxy) is 1. The molecule has 8 nitrogen and oxygen atoms in total. The molecule has 0 unspecified atom stereocenters. The summed E-state index contributed by atoms with van der Waals surface area (Å²) in [6, 6.07) is 6.83. The SMILES string of the molecule is O=C(O)N1CCN(CCCOc2ccc3ccc(=O)[nH]c3n2)CC1. The second-order valence-corrected chi connectivity index (χ2v) is 5.72. The maximum atomic E-state index is 11.3. The number of piperazine rings is 1. The molecular weight excluding hydrogens is 312 g/mol. The third-order valence-corrected chi connectivity index (χ3v) is 4.07. The quantitative estimate of drug-likeness (QED) is 0.792. The van der Waals surface area contributed by atoms with E-state index in [4.69, 9.17) is 9.84 Å². The van der Waals surface area contributed by atoms with Crippen molar-refractivity contribution in [2.45, 2.75) is 6.42 Å². The molecule has 24 heavy (non-hydrogen) atoms. The zero-order chi connectivity index (χ0) is 16.9. The molecule has 0 atom stereocenters. The molecule has 128 valence electrons. The Bertz CT molecular complexity index is 768. The second-order valence-electron chi connectivity index (χ2n) is 5.72. The number of pyridine rings is 2. The van der Waals surface area contributed by atoms with Crippen molar-refractivity contribution < 1.29 is 14.6 Å². The van der Waals surface area contributed by atoms with Gasteiger partial charge >= 0.3 is 6.09 Å². The molecule has 0 bridgehead atoms. The van der Waals surface area contributed by atoms with Crippen molar-refractivity contribution in [3.05, 3.63) is 34.6 Å². The van der Waals surface area contributed by atoms with Crippen LogP contribution in [-0.4, -0.2) is 70.3 Å². The number of aromatic nitrogens is 2. The summed E-state index contributed by atoms with van der Waals surface area (Å²) >= 11 is 0. The van der Waals surface area contributed by atoms with Gasteiger partial charge in [-0.25, -0.2) is 4.79 Å². The molecule has 0 saturated carbocycles. The second kappa shape index (κ2) is 7.31. The van der Waals surface area contributed by atoms with Gasteiger partial charge in [-0.1, -0.05) is 0 Å². The first kappa shape index (κ1) is 16.3. The molecular formula is C16H20N4O4. The smallest absolute Gasteiger partial charge is 0.407 e. The molecule has 1 fully saturated rings. The van der Waals surface area contributed by atoms with Crippen LogP contribution in [0.15, 0.2) is 29.1 Å². The number of H-pyrrole nitrogens is 1. The van der Waals surface area contributed by atoms with Crippen LogP contribution in [0.2, 0.25) is 0 Å². The number of aromatic amines is 1. The van der Waals surface area contributed by atoms with Gasteiger partial charge in [0.1, 0.15) is 5.65 Å². The molecule has 2 aromatic heterocycles. The van der Waals surface area contributed by atoms with Crippen LogP contribution in [-0.2, 0) is 0 Å².